The van der Waals surface area contributed by atoms with Crippen LogP contribution in [0.15, 0.2) is 0 Å². The highest BCUT2D eigenvalue weighted by Crippen LogP contribution is 2.55. The molecule has 0 fully saturated rings. The summed E-state index contributed by atoms with van der Waals surface area (Å²) in [5.74, 6) is 0. The molecule has 0 aliphatic carbocycles. The number of methoxy groups -OCH3 is 1. The minimum atomic E-state index is -2.49. The average Bonchev–Trinajstić information content (AvgIpc) is 1.85. The van der Waals surface area contributed by atoms with Gasteiger partial charge in [-0.15, -0.1) is 0 Å². The number of hydrogen-bond donors (Lipinski definition) is 0. The first-order chi connectivity index (χ1) is 5.31. The molecular weight excluding hydrogens is 175 g/mol. The third-order valence-electron chi connectivity index (χ3n) is 1.84. The summed E-state index contributed by atoms with van der Waals surface area (Å²) < 4.78 is 21.9. The molecule has 74 valence electrons. The second-order valence-electron chi connectivity index (χ2n) is 3.84. The second-order valence-corrected chi connectivity index (χ2v) is 7.13. The number of ether oxygens (including phenoxy) is 1. The molecule has 0 aliphatic heterocycles. The molecule has 0 bridgehead atoms. The Morgan fingerprint density at radius 3 is 2.08 bits per heavy atom. The Hall–Kier alpha value is 0.150. The van der Waals surface area contributed by atoms with Crippen molar-refractivity contribution in [2.45, 2.75) is 25.9 Å². The molecule has 3 nitrogen and oxygen atoms in total. The molecule has 12 heavy (non-hydrogen) atoms. The van der Waals surface area contributed by atoms with E-state index in [0.717, 1.165) is 0 Å². The van der Waals surface area contributed by atoms with Crippen LogP contribution in [0.5, 0.6) is 0 Å². The van der Waals surface area contributed by atoms with Crippen molar-refractivity contribution >= 4 is 7.37 Å². The summed E-state index contributed by atoms with van der Waals surface area (Å²) in [4.78, 5) is 0. The van der Waals surface area contributed by atoms with Crippen molar-refractivity contribution in [1.29, 1.82) is 0 Å². The topological polar surface area (TPSA) is 35.5 Å². The number of rotatable bonds is 4. The molecule has 0 aromatic rings. The minimum Gasteiger partial charge on any atom is -0.382 e. The maximum absolute atomic E-state index is 11.8. The molecule has 1 unspecified atom stereocenters. The van der Waals surface area contributed by atoms with Crippen LogP contribution in [0.4, 0.5) is 0 Å². The summed E-state index contributed by atoms with van der Waals surface area (Å²) in [5.41, 5.74) is 0. The monoisotopic (exact) mass is 194 g/mol. The summed E-state index contributed by atoms with van der Waals surface area (Å²) in [7, 11) is -0.888. The highest BCUT2D eigenvalue weighted by atomic mass is 31.2. The average molecular weight is 194 g/mol. The van der Waals surface area contributed by atoms with E-state index >= 15 is 0 Å². The lowest BCUT2D eigenvalue weighted by Gasteiger charge is -2.27. The summed E-state index contributed by atoms with van der Waals surface area (Å²) in [6.45, 7) is 8.32. The van der Waals surface area contributed by atoms with Crippen molar-refractivity contribution in [2.24, 2.45) is 0 Å². The molecule has 0 aromatic carbocycles. The molecular formula is C8H19O3P. The van der Waals surface area contributed by atoms with Crippen LogP contribution in [0, 0.1) is 0 Å². The zero-order valence-electron chi connectivity index (χ0n) is 8.59. The predicted molar refractivity (Wildman–Crippen MR) is 51.1 cm³/mol. The fraction of sp³-hybridized carbons (Fsp3) is 1.00. The minimum absolute atomic E-state index is 0.277. The van der Waals surface area contributed by atoms with E-state index < -0.39 is 7.37 Å². The van der Waals surface area contributed by atoms with Gasteiger partial charge in [0.05, 0.1) is 13.2 Å². The van der Waals surface area contributed by atoms with Gasteiger partial charge in [0, 0.05) is 18.9 Å². The Bertz CT molecular complexity index is 172. The Balaban J connectivity index is 3.98. The van der Waals surface area contributed by atoms with Gasteiger partial charge in [0.25, 0.3) is 0 Å². The second kappa shape index (κ2) is 4.40. The summed E-state index contributed by atoms with van der Waals surface area (Å²) >= 11 is 0. The molecule has 0 rings (SSSR count). The van der Waals surface area contributed by atoms with Crippen molar-refractivity contribution in [3.63, 3.8) is 0 Å². The van der Waals surface area contributed by atoms with Crippen molar-refractivity contribution in [3.8, 4) is 0 Å². The van der Waals surface area contributed by atoms with Crippen LogP contribution in [-0.4, -0.2) is 32.1 Å². The van der Waals surface area contributed by atoms with Crippen molar-refractivity contribution in [3.05, 3.63) is 0 Å². The largest absolute Gasteiger partial charge is 0.382 e. The van der Waals surface area contributed by atoms with Gasteiger partial charge in [-0.05, 0) is 0 Å². The van der Waals surface area contributed by atoms with E-state index in [-0.39, 0.29) is 5.16 Å². The zero-order chi connectivity index (χ0) is 9.83. The predicted octanol–water partition coefficient (Wildman–Crippen LogP) is 2.36. The van der Waals surface area contributed by atoms with Gasteiger partial charge in [-0.3, -0.25) is 4.57 Å². The lowest BCUT2D eigenvalue weighted by atomic mass is 10.3. The molecule has 0 heterocycles. The van der Waals surface area contributed by atoms with Crippen LogP contribution in [0.25, 0.3) is 0 Å². The van der Waals surface area contributed by atoms with E-state index in [0.29, 0.717) is 13.2 Å². The maximum atomic E-state index is 11.8. The Morgan fingerprint density at radius 2 is 1.75 bits per heavy atom. The van der Waals surface area contributed by atoms with E-state index in [1.165, 1.54) is 0 Å². The van der Waals surface area contributed by atoms with Crippen LogP contribution >= 0.6 is 7.37 Å². The highest BCUT2D eigenvalue weighted by molar-refractivity contribution is 7.59. The Labute approximate surface area is 74.9 Å². The number of hydrogen-bond acceptors (Lipinski definition) is 3. The first kappa shape index (κ1) is 12.2. The fourth-order valence-electron chi connectivity index (χ4n) is 0.488. The molecule has 0 saturated heterocycles. The molecule has 0 amide bonds. The third kappa shape index (κ3) is 3.70. The van der Waals surface area contributed by atoms with Crippen LogP contribution < -0.4 is 0 Å². The van der Waals surface area contributed by atoms with Crippen LogP contribution in [0.2, 0.25) is 0 Å². The van der Waals surface area contributed by atoms with E-state index in [1.807, 2.05) is 20.8 Å². The standard InChI is InChI=1S/C8H19O3P/c1-8(2,3)12(5,9)11-7-6-10-4/h6-7H2,1-5H3. The third-order valence-corrected chi connectivity index (χ3v) is 4.96. The molecule has 4 heteroatoms. The normalized spacial score (nSPS) is 17.4. The van der Waals surface area contributed by atoms with Gasteiger partial charge in [0.1, 0.15) is 0 Å². The van der Waals surface area contributed by atoms with Crippen LogP contribution in [0.1, 0.15) is 20.8 Å². The molecule has 0 spiro atoms. The van der Waals surface area contributed by atoms with Gasteiger partial charge >= 0.3 is 0 Å². The van der Waals surface area contributed by atoms with Gasteiger partial charge in [0.2, 0.25) is 7.37 Å². The SMILES string of the molecule is COCCOP(C)(=O)C(C)(C)C. The Morgan fingerprint density at radius 1 is 1.25 bits per heavy atom. The zero-order valence-corrected chi connectivity index (χ0v) is 9.48. The quantitative estimate of drug-likeness (QED) is 0.509. The lowest BCUT2D eigenvalue weighted by molar-refractivity contribution is 0.146. The summed E-state index contributed by atoms with van der Waals surface area (Å²) in [6, 6.07) is 0. The molecule has 0 aliphatic rings. The first-order valence-corrected chi connectivity index (χ1v) is 6.09. The van der Waals surface area contributed by atoms with E-state index in [9.17, 15) is 4.57 Å². The molecule has 0 aromatic heterocycles. The van der Waals surface area contributed by atoms with Gasteiger partial charge in [-0.1, -0.05) is 20.8 Å². The first-order valence-electron chi connectivity index (χ1n) is 4.02. The molecule has 0 radical (unpaired) electrons. The van der Waals surface area contributed by atoms with Crippen molar-refractivity contribution in [1.82, 2.24) is 0 Å². The lowest BCUT2D eigenvalue weighted by Crippen LogP contribution is -2.17. The van der Waals surface area contributed by atoms with Crippen LogP contribution in [-0.2, 0) is 13.8 Å². The summed E-state index contributed by atoms with van der Waals surface area (Å²) in [5, 5.41) is -0.277. The highest BCUT2D eigenvalue weighted by Gasteiger charge is 2.32. The van der Waals surface area contributed by atoms with Crippen LogP contribution in [0.3, 0.4) is 0 Å². The molecule has 1 atom stereocenters. The van der Waals surface area contributed by atoms with Crippen molar-refractivity contribution in [2.75, 3.05) is 27.0 Å². The molecule has 0 N–H and O–H groups in total. The van der Waals surface area contributed by atoms with Gasteiger partial charge in [-0.2, -0.15) is 0 Å². The van der Waals surface area contributed by atoms with Gasteiger partial charge < -0.3 is 9.26 Å². The van der Waals surface area contributed by atoms with Crippen molar-refractivity contribution < 1.29 is 13.8 Å². The molecule has 0 saturated carbocycles. The maximum Gasteiger partial charge on any atom is 0.205 e. The van der Waals surface area contributed by atoms with Gasteiger partial charge in [0.15, 0.2) is 0 Å². The fourth-order valence-corrected chi connectivity index (χ4v) is 1.30. The van der Waals surface area contributed by atoms with E-state index in [1.54, 1.807) is 13.8 Å². The van der Waals surface area contributed by atoms with E-state index in [2.05, 4.69) is 0 Å². The Kier molecular flexibility index (Phi) is 4.46. The summed E-state index contributed by atoms with van der Waals surface area (Å²) in [6.07, 6.45) is 0. The van der Waals surface area contributed by atoms with E-state index in [4.69, 9.17) is 9.26 Å². The van der Waals surface area contributed by atoms with Gasteiger partial charge in [-0.25, -0.2) is 0 Å². The smallest absolute Gasteiger partial charge is 0.205 e.